The lowest BCUT2D eigenvalue weighted by Gasteiger charge is -2.43. The molecule has 0 aliphatic rings. The second-order valence-electron chi connectivity index (χ2n) is 5.16. The van der Waals surface area contributed by atoms with Gasteiger partial charge in [-0.1, -0.05) is 33.6 Å². The third kappa shape index (κ3) is 3.76. The van der Waals surface area contributed by atoms with E-state index in [1.807, 2.05) is 0 Å². The number of hydrogen-bond acceptors (Lipinski definition) is 2. The summed E-state index contributed by atoms with van der Waals surface area (Å²) in [6.07, 6.45) is 3.62. The predicted octanol–water partition coefficient (Wildman–Crippen LogP) is 2.87. The van der Waals surface area contributed by atoms with Crippen LogP contribution in [0.4, 0.5) is 0 Å². The van der Waals surface area contributed by atoms with E-state index in [2.05, 4.69) is 46.6 Å². The van der Waals surface area contributed by atoms with E-state index < -0.39 is 0 Å². The molecule has 0 rings (SSSR count). The van der Waals surface area contributed by atoms with Crippen LogP contribution in [0.5, 0.6) is 0 Å². The molecule has 0 bridgehead atoms. The van der Waals surface area contributed by atoms with Crippen LogP contribution in [-0.4, -0.2) is 30.1 Å². The van der Waals surface area contributed by atoms with E-state index in [-0.39, 0.29) is 5.54 Å². The van der Waals surface area contributed by atoms with E-state index >= 15 is 0 Å². The standard InChI is InChI=1S/C13H30N2/c1-7-11(8-2)12(10-14)15(6)13(4,5)9-3/h11-12H,7-10,14H2,1-6H3. The molecule has 0 aromatic rings. The van der Waals surface area contributed by atoms with Gasteiger partial charge in [-0.3, -0.25) is 4.90 Å². The first-order chi connectivity index (χ1) is 6.94. The van der Waals surface area contributed by atoms with Crippen molar-refractivity contribution in [1.82, 2.24) is 4.90 Å². The zero-order valence-corrected chi connectivity index (χ0v) is 11.5. The lowest BCUT2D eigenvalue weighted by Crippen LogP contribution is -2.52. The molecule has 0 aliphatic heterocycles. The minimum Gasteiger partial charge on any atom is -0.329 e. The molecule has 0 saturated heterocycles. The van der Waals surface area contributed by atoms with Crippen LogP contribution in [0.1, 0.15) is 53.9 Å². The third-order valence-corrected chi connectivity index (χ3v) is 4.15. The van der Waals surface area contributed by atoms with Crippen LogP contribution in [0.15, 0.2) is 0 Å². The summed E-state index contributed by atoms with van der Waals surface area (Å²) in [4.78, 5) is 2.48. The van der Waals surface area contributed by atoms with Crippen LogP contribution in [0.3, 0.4) is 0 Å². The fraction of sp³-hybridized carbons (Fsp3) is 1.00. The molecular formula is C13H30N2. The van der Waals surface area contributed by atoms with Crippen molar-refractivity contribution in [1.29, 1.82) is 0 Å². The minimum absolute atomic E-state index is 0.257. The molecule has 0 heterocycles. The SMILES string of the molecule is CCC(CC)C(CN)N(C)C(C)(C)CC. The second-order valence-corrected chi connectivity index (χ2v) is 5.16. The van der Waals surface area contributed by atoms with Crippen molar-refractivity contribution < 1.29 is 0 Å². The summed E-state index contributed by atoms with van der Waals surface area (Å²) in [6, 6.07) is 0.523. The molecule has 0 aliphatic carbocycles. The van der Waals surface area contributed by atoms with Gasteiger partial charge in [0.1, 0.15) is 0 Å². The Morgan fingerprint density at radius 2 is 1.60 bits per heavy atom. The highest BCUT2D eigenvalue weighted by Gasteiger charge is 2.30. The average Bonchev–Trinajstić information content (AvgIpc) is 2.24. The van der Waals surface area contributed by atoms with Gasteiger partial charge in [0.05, 0.1) is 0 Å². The van der Waals surface area contributed by atoms with Gasteiger partial charge in [-0.2, -0.15) is 0 Å². The van der Waals surface area contributed by atoms with E-state index in [1.165, 1.54) is 19.3 Å². The first kappa shape index (κ1) is 14.9. The van der Waals surface area contributed by atoms with Gasteiger partial charge in [-0.25, -0.2) is 0 Å². The average molecular weight is 214 g/mol. The molecule has 0 aromatic heterocycles. The van der Waals surface area contributed by atoms with Crippen LogP contribution >= 0.6 is 0 Å². The Bertz CT molecular complexity index is 162. The highest BCUT2D eigenvalue weighted by Crippen LogP contribution is 2.25. The van der Waals surface area contributed by atoms with Crippen molar-refractivity contribution in [2.75, 3.05) is 13.6 Å². The van der Waals surface area contributed by atoms with Gasteiger partial charge in [0, 0.05) is 18.1 Å². The third-order valence-electron chi connectivity index (χ3n) is 4.15. The molecule has 2 heteroatoms. The minimum atomic E-state index is 0.257. The molecule has 1 unspecified atom stereocenters. The summed E-state index contributed by atoms with van der Waals surface area (Å²) in [5, 5.41) is 0. The van der Waals surface area contributed by atoms with Crippen molar-refractivity contribution in [3.05, 3.63) is 0 Å². The lowest BCUT2D eigenvalue weighted by atomic mass is 9.88. The maximum atomic E-state index is 5.94. The van der Waals surface area contributed by atoms with E-state index in [0.717, 1.165) is 12.5 Å². The number of likely N-dealkylation sites (N-methyl/N-ethyl adjacent to an activating group) is 1. The Morgan fingerprint density at radius 1 is 1.13 bits per heavy atom. The molecule has 2 N–H and O–H groups in total. The highest BCUT2D eigenvalue weighted by atomic mass is 15.2. The van der Waals surface area contributed by atoms with E-state index in [0.29, 0.717) is 6.04 Å². The van der Waals surface area contributed by atoms with Crippen LogP contribution in [0.2, 0.25) is 0 Å². The number of rotatable bonds is 7. The Kier molecular flexibility index (Phi) is 6.46. The second kappa shape index (κ2) is 6.49. The summed E-state index contributed by atoms with van der Waals surface area (Å²) in [5.41, 5.74) is 6.19. The fourth-order valence-corrected chi connectivity index (χ4v) is 2.20. The molecule has 0 fully saturated rings. The van der Waals surface area contributed by atoms with Gasteiger partial charge >= 0.3 is 0 Å². The quantitative estimate of drug-likeness (QED) is 0.706. The molecule has 15 heavy (non-hydrogen) atoms. The monoisotopic (exact) mass is 214 g/mol. The Morgan fingerprint density at radius 3 is 1.87 bits per heavy atom. The van der Waals surface area contributed by atoms with Crippen molar-refractivity contribution in [3.8, 4) is 0 Å². The Labute approximate surface area is 96.2 Å². The van der Waals surface area contributed by atoms with Gasteiger partial charge < -0.3 is 5.73 Å². The molecule has 0 aromatic carbocycles. The molecular weight excluding hydrogens is 184 g/mol. The van der Waals surface area contributed by atoms with Crippen LogP contribution in [0, 0.1) is 5.92 Å². The molecule has 0 radical (unpaired) electrons. The van der Waals surface area contributed by atoms with Crippen molar-refractivity contribution in [2.45, 2.75) is 65.5 Å². The molecule has 92 valence electrons. The van der Waals surface area contributed by atoms with Crippen molar-refractivity contribution in [2.24, 2.45) is 11.7 Å². The molecule has 0 amide bonds. The van der Waals surface area contributed by atoms with Crippen LogP contribution < -0.4 is 5.73 Å². The number of nitrogens with zero attached hydrogens (tertiary/aromatic N) is 1. The fourth-order valence-electron chi connectivity index (χ4n) is 2.20. The first-order valence-corrected chi connectivity index (χ1v) is 6.37. The maximum absolute atomic E-state index is 5.94. The van der Waals surface area contributed by atoms with Gasteiger partial charge in [-0.05, 0) is 33.2 Å². The highest BCUT2D eigenvalue weighted by molar-refractivity contribution is 4.86. The van der Waals surface area contributed by atoms with Gasteiger partial charge in [0.25, 0.3) is 0 Å². The Balaban J connectivity index is 4.65. The van der Waals surface area contributed by atoms with Crippen molar-refractivity contribution >= 4 is 0 Å². The zero-order valence-electron chi connectivity index (χ0n) is 11.5. The predicted molar refractivity (Wildman–Crippen MR) is 69.0 cm³/mol. The summed E-state index contributed by atoms with van der Waals surface area (Å²) in [5.74, 6) is 0.728. The van der Waals surface area contributed by atoms with E-state index in [9.17, 15) is 0 Å². The smallest absolute Gasteiger partial charge is 0.0248 e. The zero-order chi connectivity index (χ0) is 12.1. The topological polar surface area (TPSA) is 29.3 Å². The molecule has 0 saturated carbocycles. The largest absolute Gasteiger partial charge is 0.329 e. The van der Waals surface area contributed by atoms with E-state index in [1.54, 1.807) is 0 Å². The van der Waals surface area contributed by atoms with Crippen LogP contribution in [0.25, 0.3) is 0 Å². The number of nitrogens with two attached hydrogens (primary N) is 1. The summed E-state index contributed by atoms with van der Waals surface area (Å²) in [6.45, 7) is 12.2. The first-order valence-electron chi connectivity index (χ1n) is 6.37. The van der Waals surface area contributed by atoms with Gasteiger partial charge in [0.2, 0.25) is 0 Å². The molecule has 1 atom stereocenters. The number of hydrogen-bond donors (Lipinski definition) is 1. The lowest BCUT2D eigenvalue weighted by molar-refractivity contribution is 0.0641. The van der Waals surface area contributed by atoms with Gasteiger partial charge in [-0.15, -0.1) is 0 Å². The maximum Gasteiger partial charge on any atom is 0.0248 e. The normalized spacial score (nSPS) is 15.0. The Hall–Kier alpha value is -0.0800. The summed E-state index contributed by atoms with van der Waals surface area (Å²) >= 11 is 0. The summed E-state index contributed by atoms with van der Waals surface area (Å²) < 4.78 is 0. The summed E-state index contributed by atoms with van der Waals surface area (Å²) in [7, 11) is 2.22. The van der Waals surface area contributed by atoms with E-state index in [4.69, 9.17) is 5.73 Å². The van der Waals surface area contributed by atoms with Gasteiger partial charge in [0.15, 0.2) is 0 Å². The van der Waals surface area contributed by atoms with Crippen molar-refractivity contribution in [3.63, 3.8) is 0 Å². The van der Waals surface area contributed by atoms with Crippen LogP contribution in [-0.2, 0) is 0 Å². The molecule has 0 spiro atoms. The molecule has 2 nitrogen and oxygen atoms in total.